The minimum atomic E-state index is 0.131. The minimum absolute atomic E-state index is 0.131. The van der Waals surface area contributed by atoms with Gasteiger partial charge in [0.1, 0.15) is 11.5 Å². The first-order valence-electron chi connectivity index (χ1n) is 7.94. The summed E-state index contributed by atoms with van der Waals surface area (Å²) in [7, 11) is 0. The monoisotopic (exact) mass is 330 g/mol. The average Bonchev–Trinajstić information content (AvgIpc) is 3.05. The Labute approximate surface area is 141 Å². The molecule has 23 heavy (non-hydrogen) atoms. The Balaban J connectivity index is 1.94. The highest BCUT2D eigenvalue weighted by Crippen LogP contribution is 2.29. The molecule has 0 fully saturated rings. The van der Waals surface area contributed by atoms with Crippen molar-refractivity contribution in [3.8, 4) is 11.5 Å². The quantitative estimate of drug-likeness (QED) is 0.848. The Morgan fingerprint density at radius 1 is 1.30 bits per heavy atom. The largest absolute Gasteiger partial charge is 0.395 e. The highest BCUT2D eigenvalue weighted by Gasteiger charge is 2.23. The second-order valence-corrected chi connectivity index (χ2v) is 6.86. The van der Waals surface area contributed by atoms with Crippen LogP contribution in [-0.2, 0) is 12.8 Å². The number of thioether (sulfide) groups is 1. The fraction of sp³-hybridized carbons (Fsp3) is 0.471. The molecule has 6 heteroatoms. The zero-order valence-corrected chi connectivity index (χ0v) is 14.3. The number of nitrogens with zero attached hydrogens (tertiary/aromatic N) is 3. The number of aliphatic hydroxyl groups is 1. The van der Waals surface area contributed by atoms with Gasteiger partial charge in [0.25, 0.3) is 0 Å². The lowest BCUT2D eigenvalue weighted by molar-refractivity contribution is 0.288. The summed E-state index contributed by atoms with van der Waals surface area (Å²) in [6.07, 6.45) is 6.90. The van der Waals surface area contributed by atoms with Gasteiger partial charge in [-0.1, -0.05) is 6.07 Å². The van der Waals surface area contributed by atoms with Crippen molar-refractivity contribution in [2.45, 2.75) is 37.5 Å². The van der Waals surface area contributed by atoms with Crippen molar-refractivity contribution < 1.29 is 5.11 Å². The van der Waals surface area contributed by atoms with E-state index in [0.717, 1.165) is 36.5 Å². The third kappa shape index (κ3) is 3.48. The molecule has 0 saturated carbocycles. The number of aromatic nitrogens is 3. The molecule has 2 N–H and O–H groups in total. The van der Waals surface area contributed by atoms with E-state index in [2.05, 4.69) is 17.2 Å². The van der Waals surface area contributed by atoms with Crippen LogP contribution in [0, 0.1) is 0 Å². The van der Waals surface area contributed by atoms with Gasteiger partial charge in [-0.15, -0.1) is 0 Å². The maximum atomic E-state index is 9.50. The van der Waals surface area contributed by atoms with E-state index in [4.69, 9.17) is 9.97 Å². The molecule has 2 atom stereocenters. The van der Waals surface area contributed by atoms with Crippen molar-refractivity contribution in [2.75, 3.05) is 18.2 Å². The lowest BCUT2D eigenvalue weighted by Gasteiger charge is -2.23. The van der Waals surface area contributed by atoms with Gasteiger partial charge in [0.2, 0.25) is 0 Å². The van der Waals surface area contributed by atoms with Gasteiger partial charge in [0.05, 0.1) is 6.61 Å². The molecule has 0 saturated heterocycles. The standard InChI is InChI=1S/C17H22N4OS/c1-11(15(10-22)23-2)19-16-12-6-5-8-13(12)20-17(21-16)14-7-3-4-9-18-14/h3-4,7,9,11,15,22H,5-6,8,10H2,1-2H3,(H,19,20,21)/t11-,15-/m1/s1. The highest BCUT2D eigenvalue weighted by atomic mass is 32.2. The number of hydrogen-bond donors (Lipinski definition) is 2. The summed E-state index contributed by atoms with van der Waals surface area (Å²) in [5, 5.41) is 13.1. The van der Waals surface area contributed by atoms with Gasteiger partial charge < -0.3 is 10.4 Å². The van der Waals surface area contributed by atoms with Gasteiger partial charge in [-0.3, -0.25) is 4.98 Å². The van der Waals surface area contributed by atoms with E-state index in [9.17, 15) is 5.11 Å². The molecule has 1 aliphatic carbocycles. The van der Waals surface area contributed by atoms with E-state index in [1.165, 1.54) is 5.56 Å². The number of aryl methyl sites for hydroxylation is 1. The molecule has 122 valence electrons. The van der Waals surface area contributed by atoms with Crippen molar-refractivity contribution in [1.29, 1.82) is 0 Å². The van der Waals surface area contributed by atoms with Gasteiger partial charge in [-0.2, -0.15) is 11.8 Å². The Hall–Kier alpha value is -1.66. The Morgan fingerprint density at radius 3 is 2.87 bits per heavy atom. The first kappa shape index (κ1) is 16.2. The summed E-state index contributed by atoms with van der Waals surface area (Å²) in [4.78, 5) is 13.8. The van der Waals surface area contributed by atoms with E-state index in [0.29, 0.717) is 5.82 Å². The Bertz CT molecular complexity index is 661. The highest BCUT2D eigenvalue weighted by molar-refractivity contribution is 7.99. The third-order valence-corrected chi connectivity index (χ3v) is 5.39. The summed E-state index contributed by atoms with van der Waals surface area (Å²) in [5.41, 5.74) is 3.14. The Kier molecular flexibility index (Phi) is 5.13. The smallest absolute Gasteiger partial charge is 0.180 e. The summed E-state index contributed by atoms with van der Waals surface area (Å²) < 4.78 is 0. The van der Waals surface area contributed by atoms with Crippen molar-refractivity contribution in [3.05, 3.63) is 35.7 Å². The number of nitrogens with one attached hydrogen (secondary N) is 1. The molecule has 0 aliphatic heterocycles. The molecule has 0 radical (unpaired) electrons. The second-order valence-electron chi connectivity index (χ2n) is 5.78. The fourth-order valence-electron chi connectivity index (χ4n) is 2.91. The van der Waals surface area contributed by atoms with Gasteiger partial charge >= 0.3 is 0 Å². The van der Waals surface area contributed by atoms with Crippen LogP contribution in [0.4, 0.5) is 5.82 Å². The van der Waals surface area contributed by atoms with Crippen molar-refractivity contribution in [1.82, 2.24) is 15.0 Å². The topological polar surface area (TPSA) is 70.9 Å². The van der Waals surface area contributed by atoms with Gasteiger partial charge in [-0.05, 0) is 44.6 Å². The van der Waals surface area contributed by atoms with Crippen LogP contribution in [0.5, 0.6) is 0 Å². The van der Waals surface area contributed by atoms with Crippen LogP contribution in [0.2, 0.25) is 0 Å². The van der Waals surface area contributed by atoms with Gasteiger partial charge in [0.15, 0.2) is 5.82 Å². The molecule has 2 aromatic heterocycles. The van der Waals surface area contributed by atoms with E-state index in [-0.39, 0.29) is 17.9 Å². The summed E-state index contributed by atoms with van der Waals surface area (Å²) in [6, 6.07) is 5.90. The molecule has 0 amide bonds. The lowest BCUT2D eigenvalue weighted by atomic mass is 10.2. The van der Waals surface area contributed by atoms with Crippen LogP contribution in [-0.4, -0.2) is 44.2 Å². The number of fused-ring (bicyclic) bond motifs is 1. The van der Waals surface area contributed by atoms with Gasteiger partial charge in [0, 0.05) is 28.7 Å². The third-order valence-electron chi connectivity index (χ3n) is 4.23. The average molecular weight is 330 g/mol. The van der Waals surface area contributed by atoms with Crippen LogP contribution in [0.25, 0.3) is 11.5 Å². The van der Waals surface area contributed by atoms with E-state index in [1.54, 1.807) is 18.0 Å². The molecule has 0 unspecified atom stereocenters. The molecule has 0 aromatic carbocycles. The molecule has 2 heterocycles. The molecule has 0 spiro atoms. The molecule has 1 aliphatic rings. The molecule has 0 bridgehead atoms. The van der Waals surface area contributed by atoms with E-state index < -0.39 is 0 Å². The van der Waals surface area contributed by atoms with Crippen molar-refractivity contribution >= 4 is 17.6 Å². The molecule has 2 aromatic rings. The van der Waals surface area contributed by atoms with Crippen LogP contribution in [0.1, 0.15) is 24.6 Å². The number of aliphatic hydroxyl groups excluding tert-OH is 1. The van der Waals surface area contributed by atoms with Gasteiger partial charge in [-0.25, -0.2) is 9.97 Å². The SMILES string of the molecule is CS[C@H](CO)[C@@H](C)Nc1nc(-c2ccccn2)nc2c1CCC2. The van der Waals surface area contributed by atoms with E-state index >= 15 is 0 Å². The first-order chi connectivity index (χ1) is 11.2. The molecular weight excluding hydrogens is 308 g/mol. The van der Waals surface area contributed by atoms with Crippen molar-refractivity contribution in [3.63, 3.8) is 0 Å². The maximum absolute atomic E-state index is 9.50. The second kappa shape index (κ2) is 7.27. The normalized spacial score (nSPS) is 16.0. The molecule has 5 nitrogen and oxygen atoms in total. The minimum Gasteiger partial charge on any atom is -0.395 e. The molecular formula is C17H22N4OS. The van der Waals surface area contributed by atoms with Crippen LogP contribution >= 0.6 is 11.8 Å². The summed E-state index contributed by atoms with van der Waals surface area (Å²) in [5.74, 6) is 1.57. The maximum Gasteiger partial charge on any atom is 0.180 e. The summed E-state index contributed by atoms with van der Waals surface area (Å²) in [6.45, 7) is 2.23. The Morgan fingerprint density at radius 2 is 2.17 bits per heavy atom. The summed E-state index contributed by atoms with van der Waals surface area (Å²) >= 11 is 1.66. The number of anilines is 1. The zero-order chi connectivity index (χ0) is 16.2. The van der Waals surface area contributed by atoms with Crippen molar-refractivity contribution in [2.24, 2.45) is 0 Å². The fourth-order valence-corrected chi connectivity index (χ4v) is 3.53. The van der Waals surface area contributed by atoms with Crippen LogP contribution in [0.3, 0.4) is 0 Å². The van der Waals surface area contributed by atoms with E-state index in [1.807, 2.05) is 24.5 Å². The number of rotatable bonds is 6. The predicted octanol–water partition coefficient (Wildman–Crippen LogP) is 2.55. The zero-order valence-electron chi connectivity index (χ0n) is 13.5. The van der Waals surface area contributed by atoms with Crippen LogP contribution in [0.15, 0.2) is 24.4 Å². The lowest BCUT2D eigenvalue weighted by Crippen LogP contribution is -2.31. The first-order valence-corrected chi connectivity index (χ1v) is 9.23. The number of hydrogen-bond acceptors (Lipinski definition) is 6. The number of pyridine rings is 1. The molecule has 3 rings (SSSR count). The predicted molar refractivity (Wildman–Crippen MR) is 94.8 cm³/mol. The van der Waals surface area contributed by atoms with Crippen LogP contribution < -0.4 is 5.32 Å².